The van der Waals surface area contributed by atoms with Gasteiger partial charge in [-0.25, -0.2) is 0 Å². The van der Waals surface area contributed by atoms with Gasteiger partial charge in [-0.3, -0.25) is 4.90 Å². The van der Waals surface area contributed by atoms with Crippen LogP contribution >= 0.6 is 0 Å². The van der Waals surface area contributed by atoms with Crippen molar-refractivity contribution < 1.29 is 14.6 Å². The number of ether oxygens (including phenoxy) is 2. The SMILES string of the molecule is Oc1ccc(C2(N3CCOCC3)COC2)cc1. The summed E-state index contributed by atoms with van der Waals surface area (Å²) in [5, 5.41) is 9.36. The van der Waals surface area contributed by atoms with Gasteiger partial charge in [-0.1, -0.05) is 12.1 Å². The molecule has 0 spiro atoms. The van der Waals surface area contributed by atoms with Crippen molar-refractivity contribution >= 4 is 0 Å². The summed E-state index contributed by atoms with van der Waals surface area (Å²) in [4.78, 5) is 2.44. The minimum absolute atomic E-state index is 0.00250. The first-order valence-electron chi connectivity index (χ1n) is 6.01. The number of rotatable bonds is 2. The quantitative estimate of drug-likeness (QED) is 0.828. The predicted molar refractivity (Wildman–Crippen MR) is 63.0 cm³/mol. The molecule has 1 aromatic rings. The van der Waals surface area contributed by atoms with Crippen molar-refractivity contribution in [3.05, 3.63) is 29.8 Å². The molecule has 17 heavy (non-hydrogen) atoms. The standard InChI is InChI=1S/C13H17NO3/c15-12-3-1-11(2-4-12)13(9-17-10-13)14-5-7-16-8-6-14/h1-4,15H,5-10H2. The van der Waals surface area contributed by atoms with Crippen LogP contribution in [-0.4, -0.2) is 49.5 Å². The van der Waals surface area contributed by atoms with Crippen molar-refractivity contribution in [3.8, 4) is 5.75 Å². The van der Waals surface area contributed by atoms with E-state index in [1.165, 1.54) is 5.56 Å². The highest BCUT2D eigenvalue weighted by atomic mass is 16.5. The largest absolute Gasteiger partial charge is 0.508 e. The second-order valence-electron chi connectivity index (χ2n) is 4.67. The smallest absolute Gasteiger partial charge is 0.115 e. The number of phenols is 1. The highest BCUT2D eigenvalue weighted by Gasteiger charge is 2.45. The Bertz CT molecular complexity index is 380. The number of aromatic hydroxyl groups is 1. The Morgan fingerprint density at radius 3 is 2.18 bits per heavy atom. The average molecular weight is 235 g/mol. The molecule has 0 aromatic heterocycles. The number of morpholine rings is 1. The van der Waals surface area contributed by atoms with Gasteiger partial charge >= 0.3 is 0 Å². The zero-order valence-corrected chi connectivity index (χ0v) is 9.76. The van der Waals surface area contributed by atoms with Gasteiger partial charge in [0.2, 0.25) is 0 Å². The number of hydrogen-bond donors (Lipinski definition) is 1. The van der Waals surface area contributed by atoms with E-state index < -0.39 is 0 Å². The molecular weight excluding hydrogens is 218 g/mol. The summed E-state index contributed by atoms with van der Waals surface area (Å²) in [5.74, 6) is 0.311. The summed E-state index contributed by atoms with van der Waals surface area (Å²) in [5.41, 5.74) is 1.22. The molecule has 1 N–H and O–H groups in total. The molecule has 0 bridgehead atoms. The van der Waals surface area contributed by atoms with Crippen molar-refractivity contribution in [3.63, 3.8) is 0 Å². The Morgan fingerprint density at radius 2 is 1.65 bits per heavy atom. The van der Waals surface area contributed by atoms with E-state index >= 15 is 0 Å². The zero-order chi connectivity index (χ0) is 11.7. The van der Waals surface area contributed by atoms with Crippen LogP contribution in [0.5, 0.6) is 5.75 Å². The molecule has 2 fully saturated rings. The first-order valence-corrected chi connectivity index (χ1v) is 6.01. The number of nitrogens with zero attached hydrogens (tertiary/aromatic N) is 1. The molecule has 2 heterocycles. The lowest BCUT2D eigenvalue weighted by atomic mass is 9.85. The number of hydrogen-bond acceptors (Lipinski definition) is 4. The molecule has 3 rings (SSSR count). The topological polar surface area (TPSA) is 41.9 Å². The molecule has 0 radical (unpaired) electrons. The van der Waals surface area contributed by atoms with E-state index in [-0.39, 0.29) is 5.54 Å². The Balaban J connectivity index is 1.87. The van der Waals surface area contributed by atoms with E-state index in [0.717, 1.165) is 39.5 Å². The minimum atomic E-state index is -0.00250. The molecule has 0 atom stereocenters. The highest BCUT2D eigenvalue weighted by Crippen LogP contribution is 2.37. The molecule has 92 valence electrons. The maximum Gasteiger partial charge on any atom is 0.115 e. The molecular formula is C13H17NO3. The average Bonchev–Trinajstić information content (AvgIpc) is 2.32. The van der Waals surface area contributed by atoms with Crippen LogP contribution in [0.1, 0.15) is 5.56 Å². The molecule has 0 saturated carbocycles. The number of phenolic OH excluding ortho intramolecular Hbond substituents is 1. The van der Waals surface area contributed by atoms with Gasteiger partial charge in [-0.15, -0.1) is 0 Å². The fraction of sp³-hybridized carbons (Fsp3) is 0.538. The monoisotopic (exact) mass is 235 g/mol. The molecule has 0 amide bonds. The first-order chi connectivity index (χ1) is 8.31. The summed E-state index contributed by atoms with van der Waals surface area (Å²) < 4.78 is 10.8. The number of benzene rings is 1. The van der Waals surface area contributed by atoms with Crippen LogP contribution < -0.4 is 0 Å². The van der Waals surface area contributed by atoms with Gasteiger partial charge in [0.05, 0.1) is 32.0 Å². The maximum absolute atomic E-state index is 9.36. The Kier molecular flexibility index (Phi) is 2.78. The lowest BCUT2D eigenvalue weighted by Gasteiger charge is -2.51. The van der Waals surface area contributed by atoms with Gasteiger partial charge < -0.3 is 14.6 Å². The van der Waals surface area contributed by atoms with E-state index in [1.807, 2.05) is 12.1 Å². The molecule has 2 saturated heterocycles. The van der Waals surface area contributed by atoms with Gasteiger partial charge in [-0.05, 0) is 17.7 Å². The molecule has 0 unspecified atom stereocenters. The summed E-state index contributed by atoms with van der Waals surface area (Å²) in [7, 11) is 0. The molecule has 4 nitrogen and oxygen atoms in total. The second-order valence-corrected chi connectivity index (χ2v) is 4.67. The molecule has 1 aromatic carbocycles. The van der Waals surface area contributed by atoms with Crippen molar-refractivity contribution in [2.24, 2.45) is 0 Å². The summed E-state index contributed by atoms with van der Waals surface area (Å²) in [6.45, 7) is 4.95. The maximum atomic E-state index is 9.36. The first kappa shape index (κ1) is 11.0. The van der Waals surface area contributed by atoms with Crippen molar-refractivity contribution in [1.29, 1.82) is 0 Å². The lowest BCUT2D eigenvalue weighted by molar-refractivity contribution is -0.166. The summed E-state index contributed by atoms with van der Waals surface area (Å²) in [6, 6.07) is 7.48. The Morgan fingerprint density at radius 1 is 1.00 bits per heavy atom. The van der Waals surface area contributed by atoms with Gasteiger partial charge in [0.1, 0.15) is 5.75 Å². The molecule has 2 aliphatic heterocycles. The Labute approximate surface area is 101 Å². The third-order valence-corrected chi connectivity index (χ3v) is 3.70. The Hall–Kier alpha value is -1.10. The van der Waals surface area contributed by atoms with E-state index in [1.54, 1.807) is 12.1 Å². The van der Waals surface area contributed by atoms with E-state index in [0.29, 0.717) is 5.75 Å². The van der Waals surface area contributed by atoms with Crippen LogP contribution in [0.25, 0.3) is 0 Å². The normalized spacial score (nSPS) is 24.2. The van der Waals surface area contributed by atoms with Crippen molar-refractivity contribution in [1.82, 2.24) is 4.90 Å². The molecule has 2 aliphatic rings. The molecule has 0 aliphatic carbocycles. The van der Waals surface area contributed by atoms with Crippen molar-refractivity contribution in [2.45, 2.75) is 5.54 Å². The van der Waals surface area contributed by atoms with Crippen LogP contribution in [-0.2, 0) is 15.0 Å². The van der Waals surface area contributed by atoms with Gasteiger partial charge in [0, 0.05) is 13.1 Å². The second kappa shape index (κ2) is 4.29. The van der Waals surface area contributed by atoms with E-state index in [9.17, 15) is 5.11 Å². The fourth-order valence-corrected chi connectivity index (χ4v) is 2.59. The van der Waals surface area contributed by atoms with Crippen LogP contribution in [0, 0.1) is 0 Å². The van der Waals surface area contributed by atoms with E-state index in [2.05, 4.69) is 4.90 Å². The van der Waals surface area contributed by atoms with Crippen molar-refractivity contribution in [2.75, 3.05) is 39.5 Å². The summed E-state index contributed by atoms with van der Waals surface area (Å²) in [6.07, 6.45) is 0. The predicted octanol–water partition coefficient (Wildman–Crippen LogP) is 0.950. The third-order valence-electron chi connectivity index (χ3n) is 3.70. The van der Waals surface area contributed by atoms with Gasteiger partial charge in [0.25, 0.3) is 0 Å². The fourth-order valence-electron chi connectivity index (χ4n) is 2.59. The van der Waals surface area contributed by atoms with Crippen LogP contribution in [0.3, 0.4) is 0 Å². The minimum Gasteiger partial charge on any atom is -0.508 e. The lowest BCUT2D eigenvalue weighted by Crippen LogP contribution is -2.62. The third kappa shape index (κ3) is 1.82. The van der Waals surface area contributed by atoms with Gasteiger partial charge in [0.15, 0.2) is 0 Å². The highest BCUT2D eigenvalue weighted by molar-refractivity contribution is 5.33. The van der Waals surface area contributed by atoms with Gasteiger partial charge in [-0.2, -0.15) is 0 Å². The molecule has 4 heteroatoms. The zero-order valence-electron chi connectivity index (χ0n) is 9.76. The van der Waals surface area contributed by atoms with Crippen LogP contribution in [0.4, 0.5) is 0 Å². The van der Waals surface area contributed by atoms with Crippen LogP contribution in [0.15, 0.2) is 24.3 Å². The van der Waals surface area contributed by atoms with Crippen LogP contribution in [0.2, 0.25) is 0 Å². The van der Waals surface area contributed by atoms with E-state index in [4.69, 9.17) is 9.47 Å². The summed E-state index contributed by atoms with van der Waals surface area (Å²) >= 11 is 0.